The lowest BCUT2D eigenvalue weighted by atomic mass is 10.2. The Labute approximate surface area is 124 Å². The van der Waals surface area contributed by atoms with E-state index in [1.165, 1.54) is 0 Å². The van der Waals surface area contributed by atoms with Gasteiger partial charge in [-0.2, -0.15) is 0 Å². The van der Waals surface area contributed by atoms with Crippen LogP contribution in [0.15, 0.2) is 54.6 Å². The minimum Gasteiger partial charge on any atom is -0.487 e. The summed E-state index contributed by atoms with van der Waals surface area (Å²) in [5, 5.41) is 0. The summed E-state index contributed by atoms with van der Waals surface area (Å²) in [4.78, 5) is 13.7. The van der Waals surface area contributed by atoms with Gasteiger partial charge in [-0.3, -0.25) is 4.79 Å². The summed E-state index contributed by atoms with van der Waals surface area (Å²) in [7, 11) is 0. The first-order chi connectivity index (χ1) is 10.2. The van der Waals surface area contributed by atoms with Gasteiger partial charge in [-0.25, -0.2) is 0 Å². The number of rotatable bonds is 4. The topological polar surface area (TPSA) is 55.6 Å². The molecule has 0 spiro atoms. The van der Waals surface area contributed by atoms with Crippen LogP contribution >= 0.6 is 0 Å². The Morgan fingerprint density at radius 1 is 1.10 bits per heavy atom. The molecule has 1 fully saturated rings. The summed E-state index contributed by atoms with van der Waals surface area (Å²) in [5.41, 5.74) is 7.76. The zero-order chi connectivity index (χ0) is 14.7. The molecule has 0 bridgehead atoms. The highest BCUT2D eigenvalue weighted by atomic mass is 16.5. The lowest BCUT2D eigenvalue weighted by Crippen LogP contribution is -2.28. The van der Waals surface area contributed by atoms with Gasteiger partial charge in [0.2, 0.25) is 5.91 Å². The van der Waals surface area contributed by atoms with Crippen molar-refractivity contribution in [2.24, 2.45) is 5.73 Å². The lowest BCUT2D eigenvalue weighted by molar-refractivity contribution is -0.117. The third-order valence-corrected chi connectivity index (χ3v) is 3.55. The molecule has 1 unspecified atom stereocenters. The molecule has 1 atom stereocenters. The van der Waals surface area contributed by atoms with Crippen LogP contribution in [0.2, 0.25) is 0 Å². The molecule has 108 valence electrons. The molecule has 1 saturated heterocycles. The van der Waals surface area contributed by atoms with Crippen LogP contribution in [-0.2, 0) is 11.4 Å². The highest BCUT2D eigenvalue weighted by Gasteiger charge is 2.29. The fourth-order valence-electron chi connectivity index (χ4n) is 2.51. The van der Waals surface area contributed by atoms with E-state index in [1.54, 1.807) is 4.90 Å². The second kappa shape index (κ2) is 5.97. The molecule has 3 rings (SSSR count). The molecule has 0 aliphatic carbocycles. The van der Waals surface area contributed by atoms with E-state index in [-0.39, 0.29) is 11.9 Å². The van der Waals surface area contributed by atoms with Crippen molar-refractivity contribution in [3.8, 4) is 5.75 Å². The SMILES string of the molecule is NC1CC(=O)N(c2ccccc2OCc2ccccc2)C1. The summed E-state index contributed by atoms with van der Waals surface area (Å²) >= 11 is 0. The van der Waals surface area contributed by atoms with Crippen LogP contribution in [0.4, 0.5) is 5.69 Å². The van der Waals surface area contributed by atoms with Crippen molar-refractivity contribution < 1.29 is 9.53 Å². The van der Waals surface area contributed by atoms with Crippen LogP contribution in [0, 0.1) is 0 Å². The largest absolute Gasteiger partial charge is 0.487 e. The molecular formula is C17H18N2O2. The number of ether oxygens (including phenoxy) is 1. The number of para-hydroxylation sites is 2. The molecule has 1 aliphatic heterocycles. The first-order valence-electron chi connectivity index (χ1n) is 7.06. The monoisotopic (exact) mass is 282 g/mol. The average molecular weight is 282 g/mol. The van der Waals surface area contributed by atoms with Crippen molar-refractivity contribution >= 4 is 11.6 Å². The summed E-state index contributed by atoms with van der Waals surface area (Å²) in [6.45, 7) is 1.02. The summed E-state index contributed by atoms with van der Waals surface area (Å²) < 4.78 is 5.88. The number of carbonyl (C=O) groups is 1. The molecule has 21 heavy (non-hydrogen) atoms. The smallest absolute Gasteiger partial charge is 0.228 e. The van der Waals surface area contributed by atoms with E-state index in [1.807, 2.05) is 54.6 Å². The number of benzene rings is 2. The van der Waals surface area contributed by atoms with E-state index in [2.05, 4.69) is 0 Å². The third-order valence-electron chi connectivity index (χ3n) is 3.55. The molecule has 4 nitrogen and oxygen atoms in total. The predicted molar refractivity (Wildman–Crippen MR) is 82.2 cm³/mol. The molecule has 4 heteroatoms. The molecule has 2 aromatic rings. The predicted octanol–water partition coefficient (Wildman–Crippen LogP) is 2.33. The third kappa shape index (κ3) is 3.06. The van der Waals surface area contributed by atoms with E-state index >= 15 is 0 Å². The van der Waals surface area contributed by atoms with E-state index in [9.17, 15) is 4.79 Å². The summed E-state index contributed by atoms with van der Waals surface area (Å²) in [6, 6.07) is 17.5. The van der Waals surface area contributed by atoms with Crippen molar-refractivity contribution in [2.75, 3.05) is 11.4 Å². The number of carbonyl (C=O) groups excluding carboxylic acids is 1. The maximum absolute atomic E-state index is 12.0. The maximum atomic E-state index is 12.0. The molecule has 0 aromatic heterocycles. The Balaban J connectivity index is 1.78. The minimum absolute atomic E-state index is 0.0539. The zero-order valence-corrected chi connectivity index (χ0v) is 11.7. The Morgan fingerprint density at radius 3 is 2.52 bits per heavy atom. The number of hydrogen-bond acceptors (Lipinski definition) is 3. The van der Waals surface area contributed by atoms with Crippen LogP contribution < -0.4 is 15.4 Å². The van der Waals surface area contributed by atoms with Gasteiger partial charge in [0.15, 0.2) is 0 Å². The fourth-order valence-corrected chi connectivity index (χ4v) is 2.51. The Hall–Kier alpha value is -2.33. The first-order valence-corrected chi connectivity index (χ1v) is 7.06. The van der Waals surface area contributed by atoms with Gasteiger partial charge in [0.1, 0.15) is 12.4 Å². The molecule has 1 heterocycles. The maximum Gasteiger partial charge on any atom is 0.228 e. The number of nitrogens with two attached hydrogens (primary N) is 1. The highest BCUT2D eigenvalue weighted by Crippen LogP contribution is 2.31. The van der Waals surface area contributed by atoms with Crippen molar-refractivity contribution in [1.29, 1.82) is 0 Å². The average Bonchev–Trinajstić information content (AvgIpc) is 2.85. The van der Waals surface area contributed by atoms with Crippen LogP contribution in [0.25, 0.3) is 0 Å². The summed E-state index contributed by atoms with van der Waals surface area (Å²) in [6.07, 6.45) is 0.396. The highest BCUT2D eigenvalue weighted by molar-refractivity contribution is 5.97. The van der Waals surface area contributed by atoms with Gasteiger partial charge in [-0.15, -0.1) is 0 Å². The van der Waals surface area contributed by atoms with Gasteiger partial charge in [-0.05, 0) is 17.7 Å². The van der Waals surface area contributed by atoms with Crippen molar-refractivity contribution in [3.05, 3.63) is 60.2 Å². The van der Waals surface area contributed by atoms with Gasteiger partial charge in [-0.1, -0.05) is 42.5 Å². The van der Waals surface area contributed by atoms with Crippen molar-refractivity contribution in [1.82, 2.24) is 0 Å². The van der Waals surface area contributed by atoms with Gasteiger partial charge in [0.25, 0.3) is 0 Å². The van der Waals surface area contributed by atoms with Gasteiger partial charge in [0, 0.05) is 19.0 Å². The number of hydrogen-bond donors (Lipinski definition) is 1. The molecule has 2 aromatic carbocycles. The van der Waals surface area contributed by atoms with Crippen molar-refractivity contribution in [3.63, 3.8) is 0 Å². The Kier molecular flexibility index (Phi) is 3.88. The minimum atomic E-state index is -0.0975. The quantitative estimate of drug-likeness (QED) is 0.936. The zero-order valence-electron chi connectivity index (χ0n) is 11.7. The normalized spacial score (nSPS) is 18.0. The van der Waals surface area contributed by atoms with Gasteiger partial charge < -0.3 is 15.4 Å². The second-order valence-electron chi connectivity index (χ2n) is 5.21. The summed E-state index contributed by atoms with van der Waals surface area (Å²) in [5.74, 6) is 0.766. The fraction of sp³-hybridized carbons (Fsp3) is 0.235. The van der Waals surface area contributed by atoms with Crippen LogP contribution in [0.3, 0.4) is 0 Å². The standard InChI is InChI=1S/C17H18N2O2/c18-14-10-17(20)19(11-14)15-8-4-5-9-16(15)21-12-13-6-2-1-3-7-13/h1-9,14H,10-12,18H2. The Bertz CT molecular complexity index is 628. The van der Waals surface area contributed by atoms with Crippen LogP contribution in [0.5, 0.6) is 5.75 Å². The number of nitrogens with zero attached hydrogens (tertiary/aromatic N) is 1. The van der Waals surface area contributed by atoms with E-state index < -0.39 is 0 Å². The van der Waals surface area contributed by atoms with Crippen molar-refractivity contribution in [2.45, 2.75) is 19.1 Å². The Morgan fingerprint density at radius 2 is 1.81 bits per heavy atom. The van der Waals surface area contributed by atoms with E-state index in [4.69, 9.17) is 10.5 Å². The van der Waals surface area contributed by atoms with E-state index in [0.29, 0.717) is 25.3 Å². The number of anilines is 1. The van der Waals surface area contributed by atoms with Crippen LogP contribution in [-0.4, -0.2) is 18.5 Å². The van der Waals surface area contributed by atoms with Gasteiger partial charge in [0.05, 0.1) is 5.69 Å². The molecular weight excluding hydrogens is 264 g/mol. The van der Waals surface area contributed by atoms with E-state index in [0.717, 1.165) is 11.3 Å². The molecule has 2 N–H and O–H groups in total. The molecule has 0 radical (unpaired) electrons. The number of amides is 1. The molecule has 0 saturated carbocycles. The molecule has 1 amide bonds. The van der Waals surface area contributed by atoms with Gasteiger partial charge >= 0.3 is 0 Å². The first kappa shape index (κ1) is 13.6. The van der Waals surface area contributed by atoms with Crippen LogP contribution in [0.1, 0.15) is 12.0 Å². The lowest BCUT2D eigenvalue weighted by Gasteiger charge is -2.20. The molecule has 1 aliphatic rings. The second-order valence-corrected chi connectivity index (χ2v) is 5.21.